The van der Waals surface area contributed by atoms with Crippen LogP contribution in [0.3, 0.4) is 0 Å². The van der Waals surface area contributed by atoms with E-state index in [2.05, 4.69) is 21.2 Å². The lowest BCUT2D eigenvalue weighted by molar-refractivity contribution is -0.137. The third kappa shape index (κ3) is 4.33. The van der Waals surface area contributed by atoms with Crippen LogP contribution in [0.5, 0.6) is 0 Å². The van der Waals surface area contributed by atoms with Crippen LogP contribution >= 0.6 is 15.9 Å². The Kier molecular flexibility index (Phi) is 6.80. The standard InChI is InChI=1S/C20H20BrNO6/c1-4-28-20(27)14(21)9-12-7-5-6-8-13(12)17-15(18(23)24)10(2)22-11(3)16(17)19(25)26/h5-9,17,22H,4H2,1-3H3,(H,23,24)(H,25,26)/b14-9-. The molecule has 0 saturated heterocycles. The first-order valence-corrected chi connectivity index (χ1v) is 9.26. The summed E-state index contributed by atoms with van der Waals surface area (Å²) in [6.45, 7) is 5.06. The van der Waals surface area contributed by atoms with Gasteiger partial charge in [-0.15, -0.1) is 0 Å². The normalized spacial score (nSPS) is 15.4. The number of esters is 1. The van der Waals surface area contributed by atoms with Crippen molar-refractivity contribution in [2.45, 2.75) is 26.7 Å². The first-order chi connectivity index (χ1) is 13.2. The summed E-state index contributed by atoms with van der Waals surface area (Å²) in [6, 6.07) is 6.74. The van der Waals surface area contributed by atoms with Gasteiger partial charge in [0.15, 0.2) is 0 Å². The second kappa shape index (κ2) is 8.88. The Labute approximate surface area is 170 Å². The largest absolute Gasteiger partial charge is 0.478 e. The van der Waals surface area contributed by atoms with Crippen LogP contribution in [-0.2, 0) is 19.1 Å². The van der Waals surface area contributed by atoms with Crippen molar-refractivity contribution in [3.63, 3.8) is 0 Å². The van der Waals surface area contributed by atoms with Gasteiger partial charge in [-0.25, -0.2) is 14.4 Å². The van der Waals surface area contributed by atoms with Crippen LogP contribution in [0.25, 0.3) is 6.08 Å². The number of carbonyl (C=O) groups is 3. The number of carboxylic acids is 2. The zero-order chi connectivity index (χ0) is 21.0. The van der Waals surface area contributed by atoms with Gasteiger partial charge < -0.3 is 20.3 Å². The van der Waals surface area contributed by atoms with Gasteiger partial charge in [-0.1, -0.05) is 24.3 Å². The summed E-state index contributed by atoms with van der Waals surface area (Å²) >= 11 is 3.17. The molecule has 0 bridgehead atoms. The minimum Gasteiger partial charge on any atom is -0.478 e. The molecule has 0 aromatic heterocycles. The van der Waals surface area contributed by atoms with Crippen molar-refractivity contribution in [2.75, 3.05) is 6.61 Å². The number of carboxylic acid groups (broad SMARTS) is 2. The molecule has 3 N–H and O–H groups in total. The lowest BCUT2D eigenvalue weighted by atomic mass is 9.78. The Morgan fingerprint density at radius 2 is 1.64 bits per heavy atom. The summed E-state index contributed by atoms with van der Waals surface area (Å²) in [6.07, 6.45) is 1.50. The number of ether oxygens (including phenoxy) is 1. The molecular formula is C20H20BrNO6. The summed E-state index contributed by atoms with van der Waals surface area (Å²) < 4.78 is 5.09. The smallest absolute Gasteiger partial charge is 0.345 e. The van der Waals surface area contributed by atoms with Crippen LogP contribution in [0.15, 0.2) is 51.3 Å². The highest BCUT2D eigenvalue weighted by Crippen LogP contribution is 2.40. The summed E-state index contributed by atoms with van der Waals surface area (Å²) in [7, 11) is 0. The Morgan fingerprint density at radius 3 is 2.14 bits per heavy atom. The molecule has 0 aliphatic carbocycles. The fourth-order valence-electron chi connectivity index (χ4n) is 3.17. The summed E-state index contributed by atoms with van der Waals surface area (Å²) in [5.41, 5.74) is 1.57. The van der Waals surface area contributed by atoms with E-state index < -0.39 is 23.8 Å². The van der Waals surface area contributed by atoms with E-state index in [1.165, 1.54) is 6.08 Å². The number of allylic oxidation sites excluding steroid dienone is 2. The van der Waals surface area contributed by atoms with Crippen LogP contribution < -0.4 is 5.32 Å². The van der Waals surface area contributed by atoms with E-state index in [0.29, 0.717) is 22.5 Å². The molecule has 1 heterocycles. The number of benzene rings is 1. The first kappa shape index (κ1) is 21.4. The van der Waals surface area contributed by atoms with Gasteiger partial charge >= 0.3 is 17.9 Å². The molecule has 1 aromatic carbocycles. The number of rotatable bonds is 6. The van der Waals surface area contributed by atoms with Crippen molar-refractivity contribution in [1.29, 1.82) is 0 Å². The lowest BCUT2D eigenvalue weighted by Gasteiger charge is -2.29. The third-order valence-electron chi connectivity index (χ3n) is 4.28. The average molecular weight is 450 g/mol. The van der Waals surface area contributed by atoms with Gasteiger partial charge in [0.05, 0.1) is 23.7 Å². The molecular weight excluding hydrogens is 430 g/mol. The van der Waals surface area contributed by atoms with Gasteiger partial charge in [0.1, 0.15) is 4.48 Å². The van der Waals surface area contributed by atoms with E-state index in [4.69, 9.17) is 4.74 Å². The molecule has 0 amide bonds. The van der Waals surface area contributed by atoms with Crippen LogP contribution in [0.1, 0.15) is 37.8 Å². The molecule has 8 heteroatoms. The highest BCUT2D eigenvalue weighted by atomic mass is 79.9. The monoisotopic (exact) mass is 449 g/mol. The highest BCUT2D eigenvalue weighted by Gasteiger charge is 2.37. The molecule has 0 saturated carbocycles. The quantitative estimate of drug-likeness (QED) is 0.450. The van der Waals surface area contributed by atoms with E-state index >= 15 is 0 Å². The molecule has 148 valence electrons. The third-order valence-corrected chi connectivity index (χ3v) is 4.83. The van der Waals surface area contributed by atoms with E-state index in [9.17, 15) is 24.6 Å². The molecule has 1 aliphatic rings. The molecule has 2 rings (SSSR count). The number of halogens is 1. The second-order valence-electron chi connectivity index (χ2n) is 6.09. The second-order valence-corrected chi connectivity index (χ2v) is 6.94. The minimum absolute atomic E-state index is 0.0592. The van der Waals surface area contributed by atoms with Gasteiger partial charge in [0.2, 0.25) is 0 Å². The molecule has 7 nitrogen and oxygen atoms in total. The number of nitrogens with one attached hydrogen (secondary N) is 1. The van der Waals surface area contributed by atoms with Crippen molar-refractivity contribution >= 4 is 39.9 Å². The van der Waals surface area contributed by atoms with E-state index in [0.717, 1.165) is 0 Å². The fraction of sp³-hybridized carbons (Fsp3) is 0.250. The van der Waals surface area contributed by atoms with Crippen molar-refractivity contribution in [1.82, 2.24) is 5.32 Å². The number of aliphatic carboxylic acids is 2. The van der Waals surface area contributed by atoms with Crippen molar-refractivity contribution < 1.29 is 29.3 Å². The van der Waals surface area contributed by atoms with Crippen LogP contribution in [-0.4, -0.2) is 34.7 Å². The topological polar surface area (TPSA) is 113 Å². The van der Waals surface area contributed by atoms with E-state index in [1.54, 1.807) is 45.0 Å². The zero-order valence-electron chi connectivity index (χ0n) is 15.6. The number of hydrogen-bond donors (Lipinski definition) is 3. The van der Waals surface area contributed by atoms with Crippen molar-refractivity contribution in [3.8, 4) is 0 Å². The zero-order valence-corrected chi connectivity index (χ0v) is 17.2. The average Bonchev–Trinajstić information content (AvgIpc) is 2.60. The number of hydrogen-bond acceptors (Lipinski definition) is 5. The highest BCUT2D eigenvalue weighted by molar-refractivity contribution is 9.12. The number of dihydropyridines is 1. The van der Waals surface area contributed by atoms with Gasteiger partial charge in [0.25, 0.3) is 0 Å². The maximum Gasteiger partial charge on any atom is 0.345 e. The molecule has 0 spiro atoms. The van der Waals surface area contributed by atoms with Crippen molar-refractivity contribution in [3.05, 3.63) is 62.4 Å². The molecule has 0 fully saturated rings. The maximum absolute atomic E-state index is 11.9. The molecule has 0 atom stereocenters. The van der Waals surface area contributed by atoms with Gasteiger partial charge in [-0.05, 0) is 53.9 Å². The fourth-order valence-corrected chi connectivity index (χ4v) is 3.53. The predicted molar refractivity (Wildman–Crippen MR) is 107 cm³/mol. The minimum atomic E-state index is -1.22. The Bertz CT molecular complexity index is 892. The van der Waals surface area contributed by atoms with Crippen LogP contribution in [0.2, 0.25) is 0 Å². The van der Waals surface area contributed by atoms with Gasteiger partial charge in [0, 0.05) is 11.4 Å². The maximum atomic E-state index is 11.9. The van der Waals surface area contributed by atoms with Gasteiger partial charge in [-0.2, -0.15) is 0 Å². The predicted octanol–water partition coefficient (Wildman–Crippen LogP) is 3.39. The van der Waals surface area contributed by atoms with Gasteiger partial charge in [-0.3, -0.25) is 0 Å². The lowest BCUT2D eigenvalue weighted by Crippen LogP contribution is -2.31. The Morgan fingerprint density at radius 1 is 1.11 bits per heavy atom. The molecule has 1 aliphatic heterocycles. The summed E-state index contributed by atoms with van der Waals surface area (Å²) in [4.78, 5) is 35.8. The Balaban J connectivity index is 2.71. The molecule has 0 unspecified atom stereocenters. The molecule has 28 heavy (non-hydrogen) atoms. The van der Waals surface area contributed by atoms with Crippen LogP contribution in [0, 0.1) is 0 Å². The summed E-state index contributed by atoms with van der Waals surface area (Å²) in [5.74, 6) is -4.02. The first-order valence-electron chi connectivity index (χ1n) is 8.47. The van der Waals surface area contributed by atoms with E-state index in [1.807, 2.05) is 0 Å². The SMILES string of the molecule is CCOC(=O)/C(Br)=C/c1ccccc1C1C(C(=O)O)=C(C)NC(C)=C1C(=O)O. The van der Waals surface area contributed by atoms with E-state index in [-0.39, 0.29) is 22.2 Å². The molecule has 0 radical (unpaired) electrons. The van der Waals surface area contributed by atoms with Crippen molar-refractivity contribution in [2.24, 2.45) is 0 Å². The number of carbonyl (C=O) groups excluding carboxylic acids is 1. The summed E-state index contributed by atoms with van der Waals surface area (Å²) in [5, 5.41) is 22.3. The van der Waals surface area contributed by atoms with Crippen LogP contribution in [0.4, 0.5) is 0 Å². The molecule has 1 aromatic rings. The Hall–Kier alpha value is -2.87.